The molecule has 0 aliphatic carbocycles. The SMILES string of the molecule is C=Cc1c(S)c(/C=C\CC)c(C)c(C(/C=C\C)=C/C)c1/C=C\C. The summed E-state index contributed by atoms with van der Waals surface area (Å²) in [6.07, 6.45) is 17.9. The van der Waals surface area contributed by atoms with Gasteiger partial charge in [-0.1, -0.05) is 62.1 Å². The fourth-order valence-corrected chi connectivity index (χ4v) is 3.24. The van der Waals surface area contributed by atoms with Gasteiger partial charge >= 0.3 is 0 Å². The molecule has 0 bridgehead atoms. The molecule has 23 heavy (non-hydrogen) atoms. The highest BCUT2D eigenvalue weighted by molar-refractivity contribution is 7.80. The van der Waals surface area contributed by atoms with E-state index in [1.807, 2.05) is 19.9 Å². The average molecular weight is 325 g/mol. The van der Waals surface area contributed by atoms with E-state index in [1.165, 1.54) is 27.8 Å². The maximum atomic E-state index is 4.80. The lowest BCUT2D eigenvalue weighted by molar-refractivity contribution is 1.22. The van der Waals surface area contributed by atoms with E-state index in [-0.39, 0.29) is 0 Å². The minimum absolute atomic E-state index is 0.995. The molecule has 1 heteroatoms. The van der Waals surface area contributed by atoms with Crippen molar-refractivity contribution in [2.75, 3.05) is 0 Å². The first-order valence-corrected chi connectivity index (χ1v) is 8.62. The van der Waals surface area contributed by atoms with Crippen LogP contribution in [-0.2, 0) is 0 Å². The van der Waals surface area contributed by atoms with Gasteiger partial charge in [0.1, 0.15) is 0 Å². The lowest BCUT2D eigenvalue weighted by atomic mass is 9.86. The van der Waals surface area contributed by atoms with Crippen molar-refractivity contribution >= 4 is 36.4 Å². The number of thiol groups is 1. The van der Waals surface area contributed by atoms with Crippen molar-refractivity contribution in [3.8, 4) is 0 Å². The molecule has 0 atom stereocenters. The average Bonchev–Trinajstić information content (AvgIpc) is 2.54. The van der Waals surface area contributed by atoms with Gasteiger partial charge in [0.15, 0.2) is 0 Å². The van der Waals surface area contributed by atoms with Gasteiger partial charge in [0, 0.05) is 4.90 Å². The first-order chi connectivity index (χ1) is 11.1. The summed E-state index contributed by atoms with van der Waals surface area (Å²) < 4.78 is 0. The molecule has 0 spiro atoms. The summed E-state index contributed by atoms with van der Waals surface area (Å²) in [4.78, 5) is 0.995. The third kappa shape index (κ3) is 4.17. The van der Waals surface area contributed by atoms with Crippen LogP contribution in [0.2, 0.25) is 0 Å². The van der Waals surface area contributed by atoms with Crippen molar-refractivity contribution in [1.29, 1.82) is 0 Å². The van der Waals surface area contributed by atoms with Crippen molar-refractivity contribution < 1.29 is 0 Å². The van der Waals surface area contributed by atoms with E-state index in [0.29, 0.717) is 0 Å². The lowest BCUT2D eigenvalue weighted by Gasteiger charge is -2.20. The Labute approximate surface area is 147 Å². The summed E-state index contributed by atoms with van der Waals surface area (Å²) in [6.45, 7) is 14.5. The molecule has 0 saturated heterocycles. The predicted molar refractivity (Wildman–Crippen MR) is 111 cm³/mol. The maximum absolute atomic E-state index is 4.80. The van der Waals surface area contributed by atoms with Crippen molar-refractivity contribution in [3.63, 3.8) is 0 Å². The molecule has 0 aliphatic heterocycles. The molecule has 0 fully saturated rings. The van der Waals surface area contributed by atoms with Crippen LogP contribution in [0, 0.1) is 6.92 Å². The molecular weight excluding hydrogens is 296 g/mol. The van der Waals surface area contributed by atoms with E-state index in [0.717, 1.165) is 16.9 Å². The Hall–Kier alpha value is -1.73. The maximum Gasteiger partial charge on any atom is 0.0194 e. The second kappa shape index (κ2) is 9.42. The van der Waals surface area contributed by atoms with Gasteiger partial charge in [0.25, 0.3) is 0 Å². The molecule has 0 saturated carbocycles. The van der Waals surface area contributed by atoms with Gasteiger partial charge in [-0.15, -0.1) is 12.6 Å². The number of benzene rings is 1. The molecule has 1 rings (SSSR count). The third-order valence-corrected chi connectivity index (χ3v) is 4.33. The van der Waals surface area contributed by atoms with Gasteiger partial charge in [-0.3, -0.25) is 0 Å². The van der Waals surface area contributed by atoms with E-state index in [1.54, 1.807) is 0 Å². The van der Waals surface area contributed by atoms with Crippen LogP contribution in [0.15, 0.2) is 41.9 Å². The highest BCUT2D eigenvalue weighted by Crippen LogP contribution is 2.37. The van der Waals surface area contributed by atoms with Crippen LogP contribution >= 0.6 is 12.6 Å². The molecule has 0 aliphatic rings. The van der Waals surface area contributed by atoms with E-state index >= 15 is 0 Å². The first-order valence-electron chi connectivity index (χ1n) is 8.17. The van der Waals surface area contributed by atoms with E-state index in [9.17, 15) is 0 Å². The Kier molecular flexibility index (Phi) is 7.91. The van der Waals surface area contributed by atoms with Gasteiger partial charge in [0.05, 0.1) is 0 Å². The molecule has 0 nitrogen and oxygen atoms in total. The zero-order valence-electron chi connectivity index (χ0n) is 15.0. The van der Waals surface area contributed by atoms with Crippen LogP contribution in [0.1, 0.15) is 61.9 Å². The van der Waals surface area contributed by atoms with Gasteiger partial charge in [-0.2, -0.15) is 0 Å². The summed E-state index contributed by atoms with van der Waals surface area (Å²) in [7, 11) is 0. The quantitative estimate of drug-likeness (QED) is 0.410. The molecule has 0 aromatic heterocycles. The Bertz CT molecular complexity index is 683. The molecule has 0 N–H and O–H groups in total. The van der Waals surface area contributed by atoms with E-state index < -0.39 is 0 Å². The number of hydrogen-bond donors (Lipinski definition) is 1. The van der Waals surface area contributed by atoms with Crippen LogP contribution in [-0.4, -0.2) is 0 Å². The van der Waals surface area contributed by atoms with Crippen LogP contribution in [0.3, 0.4) is 0 Å². The summed E-state index contributed by atoms with van der Waals surface area (Å²) in [5, 5.41) is 0. The van der Waals surface area contributed by atoms with Crippen molar-refractivity contribution in [3.05, 3.63) is 64.8 Å². The molecule has 0 radical (unpaired) electrons. The van der Waals surface area contributed by atoms with Crippen LogP contribution in [0.4, 0.5) is 0 Å². The Morgan fingerprint density at radius 1 is 1.04 bits per heavy atom. The number of rotatable bonds is 6. The summed E-state index contributed by atoms with van der Waals surface area (Å²) in [6, 6.07) is 0. The fourth-order valence-electron chi connectivity index (χ4n) is 2.78. The Morgan fingerprint density at radius 3 is 2.22 bits per heavy atom. The van der Waals surface area contributed by atoms with Crippen molar-refractivity contribution in [2.45, 2.75) is 45.9 Å². The van der Waals surface area contributed by atoms with Crippen LogP contribution < -0.4 is 0 Å². The minimum atomic E-state index is 0.995. The minimum Gasteiger partial charge on any atom is -0.142 e. The first kappa shape index (κ1) is 19.3. The molecule has 0 heterocycles. The van der Waals surface area contributed by atoms with Crippen molar-refractivity contribution in [2.24, 2.45) is 0 Å². The van der Waals surface area contributed by atoms with Gasteiger partial charge in [0.2, 0.25) is 0 Å². The Balaban J connectivity index is 3.96. The van der Waals surface area contributed by atoms with E-state index in [4.69, 9.17) is 12.6 Å². The summed E-state index contributed by atoms with van der Waals surface area (Å²) >= 11 is 4.80. The van der Waals surface area contributed by atoms with E-state index in [2.05, 4.69) is 69.9 Å². The third-order valence-electron chi connectivity index (χ3n) is 3.85. The zero-order valence-corrected chi connectivity index (χ0v) is 15.9. The molecule has 0 unspecified atom stereocenters. The molecule has 1 aromatic rings. The fraction of sp³-hybridized carbons (Fsp3) is 0.273. The predicted octanol–water partition coefficient (Wildman–Crippen LogP) is 7.36. The largest absolute Gasteiger partial charge is 0.142 e. The monoisotopic (exact) mass is 324 g/mol. The highest BCUT2D eigenvalue weighted by Gasteiger charge is 2.17. The smallest absolute Gasteiger partial charge is 0.0194 e. The van der Waals surface area contributed by atoms with Gasteiger partial charge < -0.3 is 0 Å². The second-order valence-corrected chi connectivity index (χ2v) is 5.80. The topological polar surface area (TPSA) is 0 Å². The summed E-state index contributed by atoms with van der Waals surface area (Å²) in [5.74, 6) is 0. The highest BCUT2D eigenvalue weighted by atomic mass is 32.1. The number of hydrogen-bond acceptors (Lipinski definition) is 1. The van der Waals surface area contributed by atoms with Crippen LogP contribution in [0.5, 0.6) is 0 Å². The van der Waals surface area contributed by atoms with Crippen LogP contribution in [0.25, 0.3) is 23.8 Å². The summed E-state index contributed by atoms with van der Waals surface area (Å²) in [5.41, 5.74) is 7.19. The Morgan fingerprint density at radius 2 is 1.74 bits per heavy atom. The molecule has 0 amide bonds. The second-order valence-electron chi connectivity index (χ2n) is 5.35. The van der Waals surface area contributed by atoms with Crippen molar-refractivity contribution in [1.82, 2.24) is 0 Å². The zero-order chi connectivity index (χ0) is 17.4. The molecular formula is C22H28S. The van der Waals surface area contributed by atoms with Gasteiger partial charge in [-0.05, 0) is 67.5 Å². The standard InChI is InChI=1S/C22H28S/c1-7-12-15-19-16(6)21(17(10-4)13-8-2)20(14-9-3)18(11-5)22(19)23/h8-15,23H,5,7H2,1-4,6H3/b13-8-,14-9-,15-12-,17-10+. The lowest BCUT2D eigenvalue weighted by Crippen LogP contribution is -2.01. The molecule has 122 valence electrons. The number of allylic oxidation sites excluding steroid dienone is 6. The molecule has 1 aromatic carbocycles. The van der Waals surface area contributed by atoms with Gasteiger partial charge in [-0.25, -0.2) is 0 Å². The normalized spacial score (nSPS) is 12.9.